The SMILES string of the molecule is CCC1COC(C)CN1C(C)(CN)CCC(C)C. The van der Waals surface area contributed by atoms with E-state index in [0.29, 0.717) is 12.1 Å². The lowest BCUT2D eigenvalue weighted by molar-refractivity contribution is -0.0972. The van der Waals surface area contributed by atoms with Crippen molar-refractivity contribution in [1.29, 1.82) is 0 Å². The molecule has 0 aromatic rings. The third-order valence-electron chi connectivity index (χ3n) is 4.33. The maximum absolute atomic E-state index is 6.10. The largest absolute Gasteiger partial charge is 0.376 e. The van der Waals surface area contributed by atoms with Crippen LogP contribution in [-0.4, -0.2) is 42.3 Å². The molecule has 0 aliphatic carbocycles. The van der Waals surface area contributed by atoms with Gasteiger partial charge < -0.3 is 10.5 Å². The maximum atomic E-state index is 6.10. The average molecular weight is 256 g/mol. The molecule has 3 heteroatoms. The molecule has 3 nitrogen and oxygen atoms in total. The van der Waals surface area contributed by atoms with Crippen LogP contribution in [-0.2, 0) is 4.74 Å². The lowest BCUT2D eigenvalue weighted by atomic mass is 9.87. The minimum Gasteiger partial charge on any atom is -0.376 e. The highest BCUT2D eigenvalue weighted by molar-refractivity contribution is 4.94. The van der Waals surface area contributed by atoms with Crippen LogP contribution in [0.3, 0.4) is 0 Å². The van der Waals surface area contributed by atoms with E-state index in [9.17, 15) is 0 Å². The first-order chi connectivity index (χ1) is 8.42. The molecule has 0 bridgehead atoms. The quantitative estimate of drug-likeness (QED) is 0.794. The Kier molecular flexibility index (Phi) is 6.09. The number of hydrogen-bond donors (Lipinski definition) is 1. The summed E-state index contributed by atoms with van der Waals surface area (Å²) in [6.45, 7) is 13.9. The molecule has 3 atom stereocenters. The van der Waals surface area contributed by atoms with E-state index in [1.807, 2.05) is 0 Å². The van der Waals surface area contributed by atoms with Gasteiger partial charge in [0, 0.05) is 24.7 Å². The highest BCUT2D eigenvalue weighted by Gasteiger charge is 2.38. The van der Waals surface area contributed by atoms with Crippen molar-refractivity contribution in [2.24, 2.45) is 11.7 Å². The first kappa shape index (κ1) is 15.9. The highest BCUT2D eigenvalue weighted by atomic mass is 16.5. The minimum atomic E-state index is 0.128. The van der Waals surface area contributed by atoms with Crippen LogP contribution in [0, 0.1) is 5.92 Å². The Bertz CT molecular complexity index is 245. The Balaban J connectivity index is 2.75. The van der Waals surface area contributed by atoms with Gasteiger partial charge >= 0.3 is 0 Å². The fraction of sp³-hybridized carbons (Fsp3) is 1.00. The maximum Gasteiger partial charge on any atom is 0.0675 e. The van der Waals surface area contributed by atoms with Crippen molar-refractivity contribution in [3.8, 4) is 0 Å². The second-order valence-corrected chi connectivity index (χ2v) is 6.49. The number of nitrogens with two attached hydrogens (primary N) is 1. The van der Waals surface area contributed by atoms with Gasteiger partial charge in [-0.15, -0.1) is 0 Å². The zero-order valence-corrected chi connectivity index (χ0v) is 12.9. The molecule has 1 saturated heterocycles. The summed E-state index contributed by atoms with van der Waals surface area (Å²) in [6, 6.07) is 0.530. The van der Waals surface area contributed by atoms with E-state index in [4.69, 9.17) is 10.5 Å². The molecule has 0 spiro atoms. The third-order valence-corrected chi connectivity index (χ3v) is 4.33. The standard InChI is InChI=1S/C15H32N2O/c1-6-14-10-18-13(4)9-17(14)15(5,11-16)8-7-12(2)3/h12-14H,6-11,16H2,1-5H3. The van der Waals surface area contributed by atoms with Crippen molar-refractivity contribution in [1.82, 2.24) is 4.90 Å². The molecule has 0 saturated carbocycles. The van der Waals surface area contributed by atoms with Gasteiger partial charge in [-0.3, -0.25) is 4.90 Å². The van der Waals surface area contributed by atoms with Gasteiger partial charge in [0.1, 0.15) is 0 Å². The summed E-state index contributed by atoms with van der Waals surface area (Å²) in [6.07, 6.45) is 3.90. The van der Waals surface area contributed by atoms with Crippen LogP contribution in [0.25, 0.3) is 0 Å². The van der Waals surface area contributed by atoms with Gasteiger partial charge in [-0.2, -0.15) is 0 Å². The first-order valence-corrected chi connectivity index (χ1v) is 7.51. The smallest absolute Gasteiger partial charge is 0.0675 e. The molecule has 0 radical (unpaired) electrons. The lowest BCUT2D eigenvalue weighted by Gasteiger charge is -2.49. The van der Waals surface area contributed by atoms with E-state index in [1.165, 1.54) is 12.8 Å². The van der Waals surface area contributed by atoms with Gasteiger partial charge in [0.25, 0.3) is 0 Å². The van der Waals surface area contributed by atoms with Crippen LogP contribution < -0.4 is 5.73 Å². The molecule has 0 amide bonds. The Hall–Kier alpha value is -0.120. The zero-order valence-electron chi connectivity index (χ0n) is 12.9. The van der Waals surface area contributed by atoms with Crippen LogP contribution in [0.1, 0.15) is 53.9 Å². The Morgan fingerprint density at radius 1 is 1.44 bits per heavy atom. The van der Waals surface area contributed by atoms with E-state index < -0.39 is 0 Å². The van der Waals surface area contributed by atoms with Gasteiger partial charge in [-0.1, -0.05) is 20.8 Å². The molecule has 0 aromatic heterocycles. The number of rotatable bonds is 6. The van der Waals surface area contributed by atoms with Crippen LogP contribution >= 0.6 is 0 Å². The van der Waals surface area contributed by atoms with Crippen molar-refractivity contribution >= 4 is 0 Å². The van der Waals surface area contributed by atoms with Crippen molar-refractivity contribution in [2.45, 2.75) is 71.6 Å². The first-order valence-electron chi connectivity index (χ1n) is 7.51. The fourth-order valence-electron chi connectivity index (χ4n) is 2.81. The van der Waals surface area contributed by atoms with E-state index in [0.717, 1.165) is 32.0 Å². The topological polar surface area (TPSA) is 38.5 Å². The lowest BCUT2D eigenvalue weighted by Crippen LogP contribution is -2.61. The van der Waals surface area contributed by atoms with E-state index in [2.05, 4.69) is 39.5 Å². The summed E-state index contributed by atoms with van der Waals surface area (Å²) in [7, 11) is 0. The average Bonchev–Trinajstić information content (AvgIpc) is 2.36. The summed E-state index contributed by atoms with van der Waals surface area (Å²) in [4.78, 5) is 2.61. The van der Waals surface area contributed by atoms with Gasteiger partial charge in [0.05, 0.1) is 12.7 Å². The van der Waals surface area contributed by atoms with Crippen molar-refractivity contribution in [3.63, 3.8) is 0 Å². The summed E-state index contributed by atoms with van der Waals surface area (Å²) < 4.78 is 5.79. The molecule has 1 aliphatic heterocycles. The van der Waals surface area contributed by atoms with Gasteiger partial charge in [0.15, 0.2) is 0 Å². The van der Waals surface area contributed by atoms with Crippen molar-refractivity contribution in [2.75, 3.05) is 19.7 Å². The predicted molar refractivity (Wildman–Crippen MR) is 77.7 cm³/mol. The van der Waals surface area contributed by atoms with Crippen LogP contribution in [0.15, 0.2) is 0 Å². The summed E-state index contributed by atoms with van der Waals surface area (Å²) in [5, 5.41) is 0. The molecule has 2 N–H and O–H groups in total. The summed E-state index contributed by atoms with van der Waals surface area (Å²) >= 11 is 0. The minimum absolute atomic E-state index is 0.128. The fourth-order valence-corrected chi connectivity index (χ4v) is 2.81. The number of hydrogen-bond acceptors (Lipinski definition) is 3. The number of ether oxygens (including phenoxy) is 1. The van der Waals surface area contributed by atoms with Crippen molar-refractivity contribution < 1.29 is 4.74 Å². The van der Waals surface area contributed by atoms with Gasteiger partial charge in [0.2, 0.25) is 0 Å². The summed E-state index contributed by atoms with van der Waals surface area (Å²) in [5.41, 5.74) is 6.23. The predicted octanol–water partition coefficient (Wildman–Crippen LogP) is 2.64. The van der Waals surface area contributed by atoms with Gasteiger partial charge in [-0.05, 0) is 39.0 Å². The number of morpholine rings is 1. The molecular weight excluding hydrogens is 224 g/mol. The van der Waals surface area contributed by atoms with Crippen molar-refractivity contribution in [3.05, 3.63) is 0 Å². The normalized spacial score (nSPS) is 29.5. The second-order valence-electron chi connectivity index (χ2n) is 6.49. The molecule has 1 aliphatic rings. The molecule has 1 heterocycles. The van der Waals surface area contributed by atoms with Crippen LogP contribution in [0.5, 0.6) is 0 Å². The molecule has 18 heavy (non-hydrogen) atoms. The summed E-state index contributed by atoms with van der Waals surface area (Å²) in [5.74, 6) is 0.745. The van der Waals surface area contributed by atoms with E-state index in [1.54, 1.807) is 0 Å². The van der Waals surface area contributed by atoms with Gasteiger partial charge in [-0.25, -0.2) is 0 Å². The Labute approximate surface area is 113 Å². The third kappa shape index (κ3) is 3.94. The molecule has 1 rings (SSSR count). The number of nitrogens with zero attached hydrogens (tertiary/aromatic N) is 1. The molecule has 108 valence electrons. The van der Waals surface area contributed by atoms with Crippen LogP contribution in [0.4, 0.5) is 0 Å². The molecule has 1 fully saturated rings. The zero-order chi connectivity index (χ0) is 13.8. The van der Waals surface area contributed by atoms with E-state index in [-0.39, 0.29) is 5.54 Å². The Morgan fingerprint density at radius 3 is 2.61 bits per heavy atom. The molecule has 0 aromatic carbocycles. The molecular formula is C15H32N2O. The monoisotopic (exact) mass is 256 g/mol. The van der Waals surface area contributed by atoms with E-state index >= 15 is 0 Å². The van der Waals surface area contributed by atoms with Crippen LogP contribution in [0.2, 0.25) is 0 Å². The second kappa shape index (κ2) is 6.88. The highest BCUT2D eigenvalue weighted by Crippen LogP contribution is 2.29. The molecule has 3 unspecified atom stereocenters. The Morgan fingerprint density at radius 2 is 2.11 bits per heavy atom.